The fourth-order valence-electron chi connectivity index (χ4n) is 1.60. The first-order valence-electron chi connectivity index (χ1n) is 5.13. The van der Waals surface area contributed by atoms with Crippen LogP contribution in [0, 0.1) is 0 Å². The molecule has 1 amide bonds. The van der Waals surface area contributed by atoms with E-state index in [1.807, 2.05) is 0 Å². The second kappa shape index (κ2) is 4.29. The quantitative estimate of drug-likeness (QED) is 0.809. The molecule has 1 aliphatic heterocycles. The number of rotatable bonds is 3. The Kier molecular flexibility index (Phi) is 2.97. The Labute approximate surface area is 99.8 Å². The summed E-state index contributed by atoms with van der Waals surface area (Å²) in [5.41, 5.74) is 1.16. The first-order chi connectivity index (χ1) is 7.99. The molecule has 0 atom stereocenters. The van der Waals surface area contributed by atoms with Crippen molar-refractivity contribution in [1.29, 1.82) is 0 Å². The maximum absolute atomic E-state index is 12.0. The molecule has 0 radical (unpaired) electrons. The maximum atomic E-state index is 12.0. The van der Waals surface area contributed by atoms with E-state index in [0.29, 0.717) is 15.7 Å². The van der Waals surface area contributed by atoms with Crippen molar-refractivity contribution in [3.05, 3.63) is 35.9 Å². The average Bonchev–Trinajstić information content (AvgIpc) is 2.59. The van der Waals surface area contributed by atoms with Crippen molar-refractivity contribution in [3.8, 4) is 0 Å². The molecule has 5 nitrogen and oxygen atoms in total. The van der Waals surface area contributed by atoms with Gasteiger partial charge in [0.15, 0.2) is 0 Å². The lowest BCUT2D eigenvalue weighted by molar-refractivity contribution is -0.124. The number of amides is 1. The smallest absolute Gasteiger partial charge is 0.262 e. The predicted molar refractivity (Wildman–Crippen MR) is 63.6 cm³/mol. The van der Waals surface area contributed by atoms with Gasteiger partial charge in [-0.25, -0.2) is 8.42 Å². The first-order valence-corrected chi connectivity index (χ1v) is 6.74. The lowest BCUT2D eigenvalue weighted by Gasteiger charge is -2.12. The largest absolute Gasteiger partial charge is 0.271 e. The summed E-state index contributed by atoms with van der Waals surface area (Å²) in [4.78, 5) is 11.5. The number of hydrogen-bond acceptors (Lipinski definition) is 4. The van der Waals surface area contributed by atoms with E-state index in [0.717, 1.165) is 0 Å². The van der Waals surface area contributed by atoms with Crippen LogP contribution in [0.1, 0.15) is 18.9 Å². The summed E-state index contributed by atoms with van der Waals surface area (Å²) < 4.78 is 24.5. The summed E-state index contributed by atoms with van der Waals surface area (Å²) in [6.45, 7) is 1.63. The minimum Gasteiger partial charge on any atom is -0.271 e. The van der Waals surface area contributed by atoms with Crippen LogP contribution in [0.3, 0.4) is 0 Å². The molecular weight excluding hydrogens is 240 g/mol. The monoisotopic (exact) mass is 252 g/mol. The highest BCUT2D eigenvalue weighted by molar-refractivity contribution is 7.88. The van der Waals surface area contributed by atoms with E-state index in [1.165, 1.54) is 0 Å². The second-order valence-electron chi connectivity index (χ2n) is 3.89. The molecule has 0 unspecified atom stereocenters. The van der Waals surface area contributed by atoms with Crippen LogP contribution >= 0.6 is 0 Å². The minimum absolute atomic E-state index is 0.0774. The molecule has 0 N–H and O–H groups in total. The van der Waals surface area contributed by atoms with Crippen LogP contribution < -0.4 is 0 Å². The number of carbonyl (C=O) groups is 1. The summed E-state index contributed by atoms with van der Waals surface area (Å²) in [6, 6.07) is 8.72. The van der Waals surface area contributed by atoms with Gasteiger partial charge in [0.2, 0.25) is 0 Å². The van der Waals surface area contributed by atoms with Gasteiger partial charge in [-0.2, -0.15) is 5.10 Å². The van der Waals surface area contributed by atoms with Crippen LogP contribution in [0.15, 0.2) is 35.4 Å². The fourth-order valence-corrected chi connectivity index (χ4v) is 2.97. The number of sulfonamides is 1. The van der Waals surface area contributed by atoms with Crippen LogP contribution in [-0.4, -0.2) is 24.5 Å². The Hall–Kier alpha value is -1.69. The van der Waals surface area contributed by atoms with Crippen LogP contribution in [0.25, 0.3) is 0 Å². The summed E-state index contributed by atoms with van der Waals surface area (Å²) in [5, 5.41) is 3.75. The zero-order valence-electron chi connectivity index (χ0n) is 9.33. The van der Waals surface area contributed by atoms with Gasteiger partial charge in [-0.3, -0.25) is 4.79 Å². The summed E-state index contributed by atoms with van der Waals surface area (Å²) in [5.74, 6) is -0.700. The molecule has 17 heavy (non-hydrogen) atoms. The van der Waals surface area contributed by atoms with Gasteiger partial charge < -0.3 is 0 Å². The molecule has 1 aliphatic rings. The maximum Gasteiger partial charge on any atom is 0.262 e. The van der Waals surface area contributed by atoms with Crippen molar-refractivity contribution in [2.24, 2.45) is 5.10 Å². The molecule has 6 heteroatoms. The van der Waals surface area contributed by atoms with Crippen molar-refractivity contribution >= 4 is 21.6 Å². The molecule has 0 saturated carbocycles. The first kappa shape index (κ1) is 11.8. The number of hydrazone groups is 1. The fraction of sp³-hybridized carbons (Fsp3) is 0.273. The van der Waals surface area contributed by atoms with Crippen molar-refractivity contribution in [2.75, 3.05) is 0 Å². The lowest BCUT2D eigenvalue weighted by Crippen LogP contribution is -2.29. The normalized spacial score (nSPS) is 16.2. The van der Waals surface area contributed by atoms with E-state index < -0.39 is 15.9 Å². The Balaban J connectivity index is 2.24. The molecule has 0 spiro atoms. The van der Waals surface area contributed by atoms with E-state index >= 15 is 0 Å². The summed E-state index contributed by atoms with van der Waals surface area (Å²) in [7, 11) is -3.70. The molecule has 0 aliphatic carbocycles. The Morgan fingerprint density at radius 1 is 1.29 bits per heavy atom. The molecule has 1 heterocycles. The molecule has 1 aromatic carbocycles. The highest BCUT2D eigenvalue weighted by Gasteiger charge is 2.32. The number of nitrogens with zero attached hydrogens (tertiary/aromatic N) is 2. The zero-order chi connectivity index (χ0) is 12.5. The third-order valence-corrected chi connectivity index (χ3v) is 3.85. The third kappa shape index (κ3) is 2.52. The van der Waals surface area contributed by atoms with Crippen LogP contribution in [0.2, 0.25) is 0 Å². The van der Waals surface area contributed by atoms with Crippen molar-refractivity contribution in [2.45, 2.75) is 19.1 Å². The van der Waals surface area contributed by atoms with Crippen LogP contribution in [-0.2, 0) is 20.6 Å². The summed E-state index contributed by atoms with van der Waals surface area (Å²) in [6.07, 6.45) is 0.0774. The number of carbonyl (C=O) groups excluding carboxylic acids is 1. The van der Waals surface area contributed by atoms with Crippen molar-refractivity contribution in [3.63, 3.8) is 0 Å². The van der Waals surface area contributed by atoms with Gasteiger partial charge in [-0.1, -0.05) is 30.3 Å². The SMILES string of the molecule is CC1=NN(S(=O)(=O)Cc2ccccc2)C(=O)C1. The number of benzene rings is 1. The Morgan fingerprint density at radius 2 is 1.94 bits per heavy atom. The standard InChI is InChI=1S/C11H12N2O3S/c1-9-7-11(14)13(12-9)17(15,16)8-10-5-3-2-4-6-10/h2-6H,7-8H2,1H3. The minimum atomic E-state index is -3.70. The molecule has 2 rings (SSSR count). The van der Waals surface area contributed by atoms with Crippen LogP contribution in [0.4, 0.5) is 0 Å². The van der Waals surface area contributed by atoms with E-state index in [9.17, 15) is 13.2 Å². The van der Waals surface area contributed by atoms with Crippen LogP contribution in [0.5, 0.6) is 0 Å². The lowest BCUT2D eigenvalue weighted by atomic mass is 10.2. The van der Waals surface area contributed by atoms with Gasteiger partial charge in [0, 0.05) is 5.71 Å². The van der Waals surface area contributed by atoms with Gasteiger partial charge in [0.05, 0.1) is 12.2 Å². The van der Waals surface area contributed by atoms with E-state index in [2.05, 4.69) is 5.10 Å². The third-order valence-electron chi connectivity index (χ3n) is 2.34. The summed E-state index contributed by atoms with van der Waals surface area (Å²) >= 11 is 0. The highest BCUT2D eigenvalue weighted by atomic mass is 32.2. The van der Waals surface area contributed by atoms with Gasteiger partial charge in [0.1, 0.15) is 0 Å². The van der Waals surface area contributed by atoms with Gasteiger partial charge in [0.25, 0.3) is 15.9 Å². The Morgan fingerprint density at radius 3 is 2.47 bits per heavy atom. The molecule has 0 aromatic heterocycles. The molecule has 1 aromatic rings. The predicted octanol–water partition coefficient (Wildman–Crippen LogP) is 1.12. The molecule has 90 valence electrons. The van der Waals surface area contributed by atoms with E-state index in [-0.39, 0.29) is 12.2 Å². The van der Waals surface area contributed by atoms with Crippen molar-refractivity contribution in [1.82, 2.24) is 4.41 Å². The topological polar surface area (TPSA) is 66.8 Å². The Bertz CT molecular complexity index is 564. The highest BCUT2D eigenvalue weighted by Crippen LogP contribution is 2.17. The zero-order valence-corrected chi connectivity index (χ0v) is 10.1. The molecule has 0 bridgehead atoms. The average molecular weight is 252 g/mol. The molecule has 0 fully saturated rings. The van der Waals surface area contributed by atoms with Crippen molar-refractivity contribution < 1.29 is 13.2 Å². The second-order valence-corrected chi connectivity index (χ2v) is 5.69. The van der Waals surface area contributed by atoms with Gasteiger partial charge in [-0.05, 0) is 12.5 Å². The number of hydrogen-bond donors (Lipinski definition) is 0. The van der Waals surface area contributed by atoms with Gasteiger partial charge >= 0.3 is 0 Å². The van der Waals surface area contributed by atoms with E-state index in [1.54, 1.807) is 37.3 Å². The molecular formula is C11H12N2O3S. The van der Waals surface area contributed by atoms with Gasteiger partial charge in [-0.15, -0.1) is 4.41 Å². The molecule has 0 saturated heterocycles. The van der Waals surface area contributed by atoms with E-state index in [4.69, 9.17) is 0 Å².